The summed E-state index contributed by atoms with van der Waals surface area (Å²) in [6.07, 6.45) is 0. The van der Waals surface area contributed by atoms with Crippen molar-refractivity contribution in [2.45, 2.75) is 26.4 Å². The maximum atomic E-state index is 11.3. The van der Waals surface area contributed by atoms with Crippen molar-refractivity contribution in [1.29, 1.82) is 0 Å². The maximum absolute atomic E-state index is 11.3. The Kier molecular flexibility index (Phi) is 4.33. The fraction of sp³-hybridized carbons (Fsp3) is 0.462. The summed E-state index contributed by atoms with van der Waals surface area (Å²) >= 11 is 3.32. The van der Waals surface area contributed by atoms with E-state index in [1.54, 1.807) is 39.0 Å². The van der Waals surface area contributed by atoms with E-state index in [0.717, 1.165) is 4.47 Å². The van der Waals surface area contributed by atoms with Gasteiger partial charge in [-0.1, -0.05) is 41.9 Å². The van der Waals surface area contributed by atoms with Gasteiger partial charge in [0.25, 0.3) is 0 Å². The van der Waals surface area contributed by atoms with Gasteiger partial charge in [-0.15, -0.1) is 0 Å². The van der Waals surface area contributed by atoms with Crippen LogP contribution in [0.3, 0.4) is 0 Å². The van der Waals surface area contributed by atoms with Crippen LogP contribution in [-0.4, -0.2) is 16.2 Å². The highest BCUT2D eigenvalue weighted by Crippen LogP contribution is 2.35. The standard InChI is InChI=1S/C13H17BrO3/c1-8(2)11(12(15)16)13(3,17)9-5-4-6-10(14)7-9/h4-8,11,17H,1-3H3,(H,15,16). The Morgan fingerprint density at radius 3 is 2.41 bits per heavy atom. The first kappa shape index (κ1) is 14.2. The molecule has 2 unspecified atom stereocenters. The third-order valence-corrected chi connectivity index (χ3v) is 3.44. The minimum Gasteiger partial charge on any atom is -0.481 e. The van der Waals surface area contributed by atoms with Crippen molar-refractivity contribution in [3.05, 3.63) is 34.3 Å². The zero-order chi connectivity index (χ0) is 13.2. The molecule has 2 N–H and O–H groups in total. The van der Waals surface area contributed by atoms with E-state index in [2.05, 4.69) is 15.9 Å². The van der Waals surface area contributed by atoms with Gasteiger partial charge in [0.2, 0.25) is 0 Å². The first-order valence-electron chi connectivity index (χ1n) is 5.48. The molecule has 2 atom stereocenters. The van der Waals surface area contributed by atoms with Gasteiger partial charge in [-0.3, -0.25) is 4.79 Å². The average Bonchev–Trinajstić information content (AvgIpc) is 2.15. The van der Waals surface area contributed by atoms with Gasteiger partial charge in [0.15, 0.2) is 0 Å². The number of carboxylic acid groups (broad SMARTS) is 1. The van der Waals surface area contributed by atoms with Crippen molar-refractivity contribution < 1.29 is 15.0 Å². The lowest BCUT2D eigenvalue weighted by Crippen LogP contribution is -2.40. The van der Waals surface area contributed by atoms with Gasteiger partial charge in [-0.2, -0.15) is 0 Å². The Bertz CT molecular complexity index is 413. The van der Waals surface area contributed by atoms with Crippen molar-refractivity contribution in [3.63, 3.8) is 0 Å². The monoisotopic (exact) mass is 300 g/mol. The first-order chi connectivity index (χ1) is 7.76. The molecule has 0 spiro atoms. The topological polar surface area (TPSA) is 57.5 Å². The summed E-state index contributed by atoms with van der Waals surface area (Å²) < 4.78 is 0.822. The van der Waals surface area contributed by atoms with Crippen molar-refractivity contribution in [1.82, 2.24) is 0 Å². The van der Waals surface area contributed by atoms with Gasteiger partial charge in [0.1, 0.15) is 5.60 Å². The van der Waals surface area contributed by atoms with Crippen LogP contribution in [0.4, 0.5) is 0 Å². The summed E-state index contributed by atoms with van der Waals surface area (Å²) in [6, 6.07) is 7.11. The summed E-state index contributed by atoms with van der Waals surface area (Å²) in [6.45, 7) is 5.14. The highest BCUT2D eigenvalue weighted by molar-refractivity contribution is 9.10. The van der Waals surface area contributed by atoms with Crippen LogP contribution in [0, 0.1) is 11.8 Å². The third kappa shape index (κ3) is 3.07. The number of benzene rings is 1. The number of aliphatic hydroxyl groups is 1. The Hall–Kier alpha value is -0.870. The van der Waals surface area contributed by atoms with Crippen LogP contribution in [0.2, 0.25) is 0 Å². The van der Waals surface area contributed by atoms with Crippen LogP contribution >= 0.6 is 15.9 Å². The van der Waals surface area contributed by atoms with E-state index >= 15 is 0 Å². The predicted octanol–water partition coefficient (Wildman–Crippen LogP) is 3.01. The Labute approximate surface area is 110 Å². The van der Waals surface area contributed by atoms with E-state index in [1.165, 1.54) is 0 Å². The second-order valence-corrected chi connectivity index (χ2v) is 5.63. The quantitative estimate of drug-likeness (QED) is 0.899. The van der Waals surface area contributed by atoms with Gasteiger partial charge in [-0.25, -0.2) is 0 Å². The van der Waals surface area contributed by atoms with Gasteiger partial charge in [0.05, 0.1) is 5.92 Å². The number of carbonyl (C=O) groups is 1. The van der Waals surface area contributed by atoms with E-state index in [0.29, 0.717) is 5.56 Å². The molecule has 0 radical (unpaired) electrons. The zero-order valence-electron chi connectivity index (χ0n) is 10.1. The number of halogens is 1. The zero-order valence-corrected chi connectivity index (χ0v) is 11.7. The molecule has 94 valence electrons. The van der Waals surface area contributed by atoms with E-state index in [-0.39, 0.29) is 5.92 Å². The normalized spacial score (nSPS) is 16.6. The lowest BCUT2D eigenvalue weighted by Gasteiger charge is -2.33. The van der Waals surface area contributed by atoms with E-state index in [1.807, 2.05) is 6.07 Å². The molecule has 4 heteroatoms. The third-order valence-electron chi connectivity index (χ3n) is 2.95. The van der Waals surface area contributed by atoms with Crippen molar-refractivity contribution in [3.8, 4) is 0 Å². The molecule has 0 saturated heterocycles. The van der Waals surface area contributed by atoms with Gasteiger partial charge < -0.3 is 10.2 Å². The smallest absolute Gasteiger partial charge is 0.310 e. The van der Waals surface area contributed by atoms with E-state index < -0.39 is 17.5 Å². The largest absolute Gasteiger partial charge is 0.481 e. The Morgan fingerprint density at radius 1 is 1.41 bits per heavy atom. The van der Waals surface area contributed by atoms with Gasteiger partial charge in [-0.05, 0) is 30.5 Å². The second kappa shape index (κ2) is 5.19. The van der Waals surface area contributed by atoms with Crippen LogP contribution in [0.5, 0.6) is 0 Å². The highest BCUT2D eigenvalue weighted by Gasteiger charge is 2.41. The van der Waals surface area contributed by atoms with Crippen LogP contribution < -0.4 is 0 Å². The minimum absolute atomic E-state index is 0.151. The molecule has 0 heterocycles. The number of hydrogen-bond donors (Lipinski definition) is 2. The van der Waals surface area contributed by atoms with Gasteiger partial charge >= 0.3 is 5.97 Å². The van der Waals surface area contributed by atoms with Crippen molar-refractivity contribution in [2.75, 3.05) is 0 Å². The average molecular weight is 301 g/mol. The number of carboxylic acids is 1. The van der Waals surface area contributed by atoms with Crippen LogP contribution in [0.25, 0.3) is 0 Å². The Morgan fingerprint density at radius 2 is 2.00 bits per heavy atom. The molecule has 0 saturated carbocycles. The molecular formula is C13H17BrO3. The van der Waals surface area contributed by atoms with Crippen LogP contribution in [-0.2, 0) is 10.4 Å². The first-order valence-corrected chi connectivity index (χ1v) is 6.27. The number of hydrogen-bond acceptors (Lipinski definition) is 2. The second-order valence-electron chi connectivity index (χ2n) is 4.72. The fourth-order valence-corrected chi connectivity index (χ4v) is 2.56. The fourth-order valence-electron chi connectivity index (χ4n) is 2.16. The lowest BCUT2D eigenvalue weighted by molar-refractivity contribution is -0.155. The molecule has 0 fully saturated rings. The molecule has 1 aromatic rings. The van der Waals surface area contributed by atoms with E-state index in [4.69, 9.17) is 0 Å². The molecule has 0 aliphatic carbocycles. The lowest BCUT2D eigenvalue weighted by atomic mass is 9.76. The predicted molar refractivity (Wildman–Crippen MR) is 69.7 cm³/mol. The highest BCUT2D eigenvalue weighted by atomic mass is 79.9. The summed E-state index contributed by atoms with van der Waals surface area (Å²) in [5, 5.41) is 19.7. The minimum atomic E-state index is -1.39. The van der Waals surface area contributed by atoms with E-state index in [9.17, 15) is 15.0 Å². The summed E-state index contributed by atoms with van der Waals surface area (Å²) in [4.78, 5) is 11.3. The molecule has 1 rings (SSSR count). The maximum Gasteiger partial charge on any atom is 0.310 e. The summed E-state index contributed by atoms with van der Waals surface area (Å²) in [5.74, 6) is -1.97. The molecule has 0 aromatic heterocycles. The summed E-state index contributed by atoms with van der Waals surface area (Å²) in [7, 11) is 0. The van der Waals surface area contributed by atoms with Crippen LogP contribution in [0.15, 0.2) is 28.7 Å². The molecule has 0 aliphatic rings. The summed E-state index contributed by atoms with van der Waals surface area (Å²) in [5.41, 5.74) is -0.781. The molecule has 0 bridgehead atoms. The SMILES string of the molecule is CC(C)C(C(=O)O)C(C)(O)c1cccc(Br)c1. The van der Waals surface area contributed by atoms with Crippen molar-refractivity contribution >= 4 is 21.9 Å². The van der Waals surface area contributed by atoms with Crippen LogP contribution in [0.1, 0.15) is 26.3 Å². The molecular weight excluding hydrogens is 284 g/mol. The molecule has 1 aromatic carbocycles. The number of rotatable bonds is 4. The Balaban J connectivity index is 3.20. The molecule has 0 aliphatic heterocycles. The molecule has 17 heavy (non-hydrogen) atoms. The van der Waals surface area contributed by atoms with Crippen molar-refractivity contribution in [2.24, 2.45) is 11.8 Å². The number of aliphatic carboxylic acids is 1. The molecule has 0 amide bonds. The van der Waals surface area contributed by atoms with Gasteiger partial charge in [0, 0.05) is 4.47 Å². The molecule has 3 nitrogen and oxygen atoms in total.